The van der Waals surface area contributed by atoms with Crippen LogP contribution in [-0.4, -0.2) is 24.2 Å². The van der Waals surface area contributed by atoms with Crippen molar-refractivity contribution >= 4 is 0 Å². The third-order valence-electron chi connectivity index (χ3n) is 2.93. The van der Waals surface area contributed by atoms with Crippen LogP contribution >= 0.6 is 0 Å². The monoisotopic (exact) mass is 254 g/mol. The molecule has 0 fully saturated rings. The first-order chi connectivity index (χ1) is 8.67. The lowest BCUT2D eigenvalue weighted by molar-refractivity contribution is 0.320. The number of methoxy groups -OCH3 is 2. The molecule has 3 N–H and O–H groups in total. The van der Waals surface area contributed by atoms with Gasteiger partial charge in [0.05, 0.1) is 26.5 Å². The summed E-state index contributed by atoms with van der Waals surface area (Å²) in [7, 11) is 3.10. The van der Waals surface area contributed by atoms with Crippen molar-refractivity contribution in [3.63, 3.8) is 0 Å². The van der Waals surface area contributed by atoms with Gasteiger partial charge in [-0.1, -0.05) is 20.3 Å². The molecule has 0 saturated carbocycles. The molecule has 0 spiro atoms. The average molecular weight is 254 g/mol. The molecular weight excluding hydrogens is 232 g/mol. The van der Waals surface area contributed by atoms with Crippen LogP contribution in [0.2, 0.25) is 0 Å². The molecule has 1 aromatic rings. The first kappa shape index (κ1) is 14.7. The fraction of sp³-hybridized carbons (Fsp3) is 0.667. The Labute approximate surface area is 108 Å². The van der Waals surface area contributed by atoms with Crippen molar-refractivity contribution in [1.29, 1.82) is 0 Å². The number of nitrogens with two attached hydrogens (primary N) is 1. The second-order valence-corrected chi connectivity index (χ2v) is 4.22. The van der Waals surface area contributed by atoms with Gasteiger partial charge in [-0.25, -0.2) is 4.98 Å². The number of hydrogen-bond acceptors (Lipinski definition) is 6. The maximum Gasteiger partial charge on any atom is 0.240 e. The lowest BCUT2D eigenvalue weighted by Crippen LogP contribution is -2.33. The van der Waals surface area contributed by atoms with E-state index in [0.29, 0.717) is 23.4 Å². The summed E-state index contributed by atoms with van der Waals surface area (Å²) in [5.41, 5.74) is 3.50. The number of hydrogen-bond donors (Lipinski definition) is 2. The minimum atomic E-state index is -0.0849. The van der Waals surface area contributed by atoms with E-state index in [4.69, 9.17) is 15.3 Å². The molecule has 1 rings (SSSR count). The second kappa shape index (κ2) is 7.13. The number of nitrogens with zero attached hydrogens (tertiary/aromatic N) is 2. The van der Waals surface area contributed by atoms with Gasteiger partial charge in [-0.15, -0.1) is 0 Å². The highest BCUT2D eigenvalue weighted by Gasteiger charge is 2.23. The van der Waals surface area contributed by atoms with Gasteiger partial charge in [-0.2, -0.15) is 4.98 Å². The van der Waals surface area contributed by atoms with Crippen LogP contribution in [-0.2, 0) is 0 Å². The van der Waals surface area contributed by atoms with E-state index in [1.165, 1.54) is 0 Å². The molecule has 0 bridgehead atoms. The van der Waals surface area contributed by atoms with Crippen molar-refractivity contribution in [1.82, 2.24) is 15.4 Å². The van der Waals surface area contributed by atoms with Crippen LogP contribution in [0.4, 0.5) is 0 Å². The Morgan fingerprint density at radius 1 is 1.39 bits per heavy atom. The highest BCUT2D eigenvalue weighted by Crippen LogP contribution is 2.29. The van der Waals surface area contributed by atoms with Crippen LogP contribution in [0, 0.1) is 5.92 Å². The second-order valence-electron chi connectivity index (χ2n) is 4.22. The van der Waals surface area contributed by atoms with Gasteiger partial charge < -0.3 is 9.47 Å². The Morgan fingerprint density at radius 3 is 2.61 bits per heavy atom. The van der Waals surface area contributed by atoms with Crippen LogP contribution in [0.1, 0.15) is 38.4 Å². The molecule has 102 valence electrons. The van der Waals surface area contributed by atoms with Crippen LogP contribution in [0.5, 0.6) is 11.8 Å². The predicted molar refractivity (Wildman–Crippen MR) is 69.3 cm³/mol. The summed E-state index contributed by atoms with van der Waals surface area (Å²) in [6, 6.07) is -0.0849. The molecule has 2 unspecified atom stereocenters. The largest absolute Gasteiger partial charge is 0.480 e. The molecule has 0 radical (unpaired) electrons. The highest BCUT2D eigenvalue weighted by molar-refractivity contribution is 5.26. The minimum absolute atomic E-state index is 0.0849. The van der Waals surface area contributed by atoms with E-state index in [2.05, 4.69) is 29.2 Å². The van der Waals surface area contributed by atoms with Gasteiger partial charge in [0, 0.05) is 0 Å². The summed E-state index contributed by atoms with van der Waals surface area (Å²) in [6.07, 6.45) is 3.71. The summed E-state index contributed by atoms with van der Waals surface area (Å²) in [4.78, 5) is 8.56. The molecule has 0 amide bonds. The normalized spacial score (nSPS) is 14.1. The maximum absolute atomic E-state index is 5.63. The van der Waals surface area contributed by atoms with Gasteiger partial charge >= 0.3 is 0 Å². The van der Waals surface area contributed by atoms with E-state index < -0.39 is 0 Å². The Morgan fingerprint density at radius 2 is 2.11 bits per heavy atom. The highest BCUT2D eigenvalue weighted by atomic mass is 16.5. The van der Waals surface area contributed by atoms with Crippen molar-refractivity contribution in [2.24, 2.45) is 11.8 Å². The standard InChI is InChI=1S/C12H22N4O2/c1-5-6-8(2)10(16-13)11-12(18-4)15-9(17-3)7-14-11/h7-8,10,16H,5-6,13H2,1-4H3. The number of rotatable bonds is 7. The van der Waals surface area contributed by atoms with Gasteiger partial charge in [0.25, 0.3) is 0 Å². The van der Waals surface area contributed by atoms with Crippen molar-refractivity contribution in [3.05, 3.63) is 11.9 Å². The van der Waals surface area contributed by atoms with E-state index in [1.54, 1.807) is 20.4 Å². The Bertz CT molecular complexity index is 373. The molecule has 0 aromatic carbocycles. The van der Waals surface area contributed by atoms with Gasteiger partial charge in [-0.05, 0) is 12.3 Å². The van der Waals surface area contributed by atoms with Crippen molar-refractivity contribution in [2.75, 3.05) is 14.2 Å². The molecule has 1 heterocycles. The first-order valence-electron chi connectivity index (χ1n) is 6.08. The number of hydrazine groups is 1. The molecule has 0 aliphatic carbocycles. The van der Waals surface area contributed by atoms with Gasteiger partial charge in [0.15, 0.2) is 0 Å². The van der Waals surface area contributed by atoms with Crippen LogP contribution < -0.4 is 20.7 Å². The van der Waals surface area contributed by atoms with E-state index in [9.17, 15) is 0 Å². The molecule has 0 aliphatic rings. The van der Waals surface area contributed by atoms with Gasteiger partial charge in [-0.3, -0.25) is 11.3 Å². The van der Waals surface area contributed by atoms with Crippen molar-refractivity contribution < 1.29 is 9.47 Å². The first-order valence-corrected chi connectivity index (χ1v) is 6.08. The molecule has 6 nitrogen and oxygen atoms in total. The minimum Gasteiger partial charge on any atom is -0.480 e. The maximum atomic E-state index is 5.63. The molecule has 6 heteroatoms. The zero-order valence-corrected chi connectivity index (χ0v) is 11.4. The Kier molecular flexibility index (Phi) is 5.80. The van der Waals surface area contributed by atoms with Crippen LogP contribution in [0.3, 0.4) is 0 Å². The summed E-state index contributed by atoms with van der Waals surface area (Å²) < 4.78 is 10.3. The quantitative estimate of drug-likeness (QED) is 0.566. The third-order valence-corrected chi connectivity index (χ3v) is 2.93. The number of ether oxygens (including phenoxy) is 2. The van der Waals surface area contributed by atoms with E-state index >= 15 is 0 Å². The lowest BCUT2D eigenvalue weighted by atomic mass is 9.95. The summed E-state index contributed by atoms with van der Waals surface area (Å²) in [5, 5.41) is 0. The average Bonchev–Trinajstić information content (AvgIpc) is 2.40. The fourth-order valence-corrected chi connectivity index (χ4v) is 1.96. The lowest BCUT2D eigenvalue weighted by Gasteiger charge is -2.23. The molecule has 2 atom stereocenters. The molecule has 0 saturated heterocycles. The third kappa shape index (κ3) is 3.30. The predicted octanol–water partition coefficient (Wildman–Crippen LogP) is 1.43. The summed E-state index contributed by atoms with van der Waals surface area (Å²) in [5.74, 6) is 6.84. The van der Waals surface area contributed by atoms with Crippen molar-refractivity contribution in [3.8, 4) is 11.8 Å². The topological polar surface area (TPSA) is 82.3 Å². The molecule has 1 aromatic heterocycles. The number of aromatic nitrogens is 2. The zero-order chi connectivity index (χ0) is 13.5. The Hall–Kier alpha value is -1.40. The van der Waals surface area contributed by atoms with Gasteiger partial charge in [0.2, 0.25) is 11.8 Å². The molecular formula is C12H22N4O2. The van der Waals surface area contributed by atoms with Gasteiger partial charge in [0.1, 0.15) is 5.69 Å². The summed E-state index contributed by atoms with van der Waals surface area (Å²) in [6.45, 7) is 4.26. The zero-order valence-electron chi connectivity index (χ0n) is 11.4. The summed E-state index contributed by atoms with van der Waals surface area (Å²) >= 11 is 0. The number of nitrogens with one attached hydrogen (secondary N) is 1. The van der Waals surface area contributed by atoms with Crippen molar-refractivity contribution in [2.45, 2.75) is 32.7 Å². The Balaban J connectivity index is 3.04. The van der Waals surface area contributed by atoms with Crippen LogP contribution in [0.15, 0.2) is 6.20 Å². The molecule has 0 aliphatic heterocycles. The van der Waals surface area contributed by atoms with Crippen LogP contribution in [0.25, 0.3) is 0 Å². The molecule has 18 heavy (non-hydrogen) atoms. The smallest absolute Gasteiger partial charge is 0.240 e. The SMILES string of the molecule is CCCC(C)C(NN)c1ncc(OC)nc1OC. The fourth-order valence-electron chi connectivity index (χ4n) is 1.96. The van der Waals surface area contributed by atoms with E-state index in [1.807, 2.05) is 0 Å². The van der Waals surface area contributed by atoms with E-state index in [0.717, 1.165) is 12.8 Å². The van der Waals surface area contributed by atoms with E-state index in [-0.39, 0.29) is 6.04 Å².